The molecule has 0 fully saturated rings. The van der Waals surface area contributed by atoms with E-state index in [1.165, 1.54) is 35.6 Å². The van der Waals surface area contributed by atoms with Gasteiger partial charge in [-0.25, -0.2) is 4.79 Å². The van der Waals surface area contributed by atoms with Crippen LogP contribution >= 0.6 is 11.8 Å². The number of rotatable bonds is 7. The smallest absolute Gasteiger partial charge is 0.416 e. The number of alkyl halides is 3. The van der Waals surface area contributed by atoms with Crippen LogP contribution in [0.25, 0.3) is 11.1 Å². The second-order valence-corrected chi connectivity index (χ2v) is 8.31. The number of esters is 1. The maximum Gasteiger partial charge on any atom is 0.416 e. The largest absolute Gasteiger partial charge is 0.467 e. The summed E-state index contributed by atoms with van der Waals surface area (Å²) in [4.78, 5) is 25.0. The van der Waals surface area contributed by atoms with Gasteiger partial charge >= 0.3 is 12.1 Å². The van der Waals surface area contributed by atoms with Crippen molar-refractivity contribution < 1.29 is 22.7 Å². The summed E-state index contributed by atoms with van der Waals surface area (Å²) >= 11 is 1.31. The normalized spacial score (nSPS) is 15.8. The third kappa shape index (κ3) is 4.58. The van der Waals surface area contributed by atoms with Gasteiger partial charge in [0, 0.05) is 17.4 Å². The van der Waals surface area contributed by atoms with Gasteiger partial charge in [0.05, 0.1) is 17.7 Å². The van der Waals surface area contributed by atoms with E-state index in [0.29, 0.717) is 28.3 Å². The summed E-state index contributed by atoms with van der Waals surface area (Å²) in [7, 11) is 1.26. The van der Waals surface area contributed by atoms with Gasteiger partial charge in [0.15, 0.2) is 0 Å². The number of carbonyl (C=O) groups is 1. The number of benzene rings is 1. The van der Waals surface area contributed by atoms with Crippen LogP contribution in [0.15, 0.2) is 40.2 Å². The fourth-order valence-corrected chi connectivity index (χ4v) is 5.08. The molecule has 162 valence electrons. The van der Waals surface area contributed by atoms with E-state index in [9.17, 15) is 22.8 Å². The van der Waals surface area contributed by atoms with Crippen LogP contribution in [0, 0.1) is 0 Å². The van der Waals surface area contributed by atoms with Crippen LogP contribution in [0.4, 0.5) is 13.2 Å². The Kier molecular flexibility index (Phi) is 6.95. The molecule has 0 saturated heterocycles. The van der Waals surface area contributed by atoms with Crippen molar-refractivity contribution in [3.05, 3.63) is 51.8 Å². The molecule has 1 aromatic carbocycles. The van der Waals surface area contributed by atoms with E-state index in [1.807, 2.05) is 0 Å². The molecule has 0 N–H and O–H groups in total. The Balaban J connectivity index is 2.15. The molecule has 0 amide bonds. The van der Waals surface area contributed by atoms with E-state index in [-0.39, 0.29) is 5.56 Å². The van der Waals surface area contributed by atoms with E-state index in [1.54, 1.807) is 6.07 Å². The maximum atomic E-state index is 13.3. The van der Waals surface area contributed by atoms with Crippen LogP contribution in [0.5, 0.6) is 0 Å². The first kappa shape index (κ1) is 22.5. The SMILES string of the molecule is CCCCCCc1cc(=O)n2c(c1-c1cccc(C(F)(F)F)c1)SC[C@H]2C(=O)OC. The average molecular weight is 439 g/mol. The minimum atomic E-state index is -4.46. The Morgan fingerprint density at radius 2 is 2.00 bits per heavy atom. The van der Waals surface area contributed by atoms with Gasteiger partial charge in [-0.1, -0.05) is 38.3 Å². The van der Waals surface area contributed by atoms with Crippen molar-refractivity contribution in [3.8, 4) is 11.1 Å². The van der Waals surface area contributed by atoms with Crippen LogP contribution in [-0.4, -0.2) is 23.4 Å². The van der Waals surface area contributed by atoms with Gasteiger partial charge < -0.3 is 4.74 Å². The van der Waals surface area contributed by atoms with E-state index >= 15 is 0 Å². The number of fused-ring (bicyclic) bond motifs is 1. The molecule has 1 aromatic heterocycles. The lowest BCUT2D eigenvalue weighted by molar-refractivity contribution is -0.144. The highest BCUT2D eigenvalue weighted by atomic mass is 32.2. The monoisotopic (exact) mass is 439 g/mol. The Hall–Kier alpha value is -2.22. The summed E-state index contributed by atoms with van der Waals surface area (Å²) < 4.78 is 46.1. The highest BCUT2D eigenvalue weighted by molar-refractivity contribution is 7.99. The van der Waals surface area contributed by atoms with Gasteiger partial charge in [0.25, 0.3) is 5.56 Å². The highest BCUT2D eigenvalue weighted by Crippen LogP contribution is 2.42. The first-order chi connectivity index (χ1) is 14.3. The van der Waals surface area contributed by atoms with Gasteiger partial charge in [-0.3, -0.25) is 9.36 Å². The molecule has 2 heterocycles. The number of aryl methyl sites for hydroxylation is 1. The van der Waals surface area contributed by atoms with E-state index < -0.39 is 23.8 Å². The second kappa shape index (κ2) is 9.29. The molecule has 0 radical (unpaired) electrons. The molecule has 30 heavy (non-hydrogen) atoms. The molecule has 1 aliphatic heterocycles. The van der Waals surface area contributed by atoms with Crippen molar-refractivity contribution in [2.75, 3.05) is 12.9 Å². The maximum absolute atomic E-state index is 13.3. The zero-order valence-electron chi connectivity index (χ0n) is 16.9. The molecule has 0 saturated carbocycles. The third-order valence-corrected chi connectivity index (χ3v) is 6.39. The fraction of sp³-hybridized carbons (Fsp3) is 0.455. The third-order valence-electron chi connectivity index (χ3n) is 5.23. The lowest BCUT2D eigenvalue weighted by atomic mass is 9.96. The van der Waals surface area contributed by atoms with Crippen LogP contribution in [0.3, 0.4) is 0 Å². The lowest BCUT2D eigenvalue weighted by Crippen LogP contribution is -2.30. The van der Waals surface area contributed by atoms with Crippen molar-refractivity contribution in [1.82, 2.24) is 4.57 Å². The molecule has 8 heteroatoms. The molecule has 2 aromatic rings. The molecule has 0 aliphatic carbocycles. The van der Waals surface area contributed by atoms with Crippen LogP contribution in [0.2, 0.25) is 0 Å². The van der Waals surface area contributed by atoms with Gasteiger partial charge in [-0.2, -0.15) is 13.2 Å². The number of thioether (sulfide) groups is 1. The Labute approximate surface area is 177 Å². The number of halogens is 3. The predicted molar refractivity (Wildman–Crippen MR) is 111 cm³/mol. The van der Waals surface area contributed by atoms with Crippen molar-refractivity contribution in [2.45, 2.75) is 56.3 Å². The minimum absolute atomic E-state index is 0.313. The summed E-state index contributed by atoms with van der Waals surface area (Å²) in [5, 5.41) is 0.530. The van der Waals surface area contributed by atoms with Crippen molar-refractivity contribution in [1.29, 1.82) is 0 Å². The number of ether oxygens (including phenoxy) is 1. The topological polar surface area (TPSA) is 48.3 Å². The number of aromatic nitrogens is 1. The van der Waals surface area contributed by atoms with Gasteiger partial charge in [-0.05, 0) is 36.1 Å². The van der Waals surface area contributed by atoms with Crippen LogP contribution in [-0.2, 0) is 22.1 Å². The van der Waals surface area contributed by atoms with Crippen molar-refractivity contribution in [2.24, 2.45) is 0 Å². The number of pyridine rings is 1. The minimum Gasteiger partial charge on any atom is -0.467 e. The summed E-state index contributed by atoms with van der Waals surface area (Å²) in [6.07, 6.45) is 0.0700. The zero-order valence-corrected chi connectivity index (χ0v) is 17.7. The fourth-order valence-electron chi connectivity index (χ4n) is 3.73. The van der Waals surface area contributed by atoms with Gasteiger partial charge in [0.2, 0.25) is 0 Å². The second-order valence-electron chi connectivity index (χ2n) is 7.30. The Morgan fingerprint density at radius 3 is 2.67 bits per heavy atom. The number of carbonyl (C=O) groups excluding carboxylic acids is 1. The molecular weight excluding hydrogens is 415 g/mol. The molecular formula is C22H24F3NO3S. The Morgan fingerprint density at radius 1 is 1.23 bits per heavy atom. The first-order valence-corrected chi connectivity index (χ1v) is 10.9. The van der Waals surface area contributed by atoms with E-state index in [0.717, 1.165) is 43.4 Å². The standard InChI is InChI=1S/C22H24F3NO3S/c1-3-4-5-6-8-15-12-18(27)26-17(21(28)29-2)13-30-20(26)19(15)14-9-7-10-16(11-14)22(23,24)25/h7,9-12,17H,3-6,8,13H2,1-2H3/t17-/m0/s1. The number of hydrogen-bond acceptors (Lipinski definition) is 4. The molecule has 0 spiro atoms. The van der Waals surface area contributed by atoms with Gasteiger partial charge in [-0.15, -0.1) is 11.8 Å². The van der Waals surface area contributed by atoms with Crippen molar-refractivity contribution >= 4 is 17.7 Å². The summed E-state index contributed by atoms with van der Waals surface area (Å²) in [5.41, 5.74) is 0.659. The number of unbranched alkanes of at least 4 members (excludes halogenated alkanes) is 3. The van der Waals surface area contributed by atoms with Crippen LogP contribution < -0.4 is 5.56 Å². The first-order valence-electron chi connectivity index (χ1n) is 9.94. The van der Waals surface area contributed by atoms with Crippen LogP contribution in [0.1, 0.15) is 49.8 Å². The summed E-state index contributed by atoms with van der Waals surface area (Å²) in [6.45, 7) is 2.10. The molecule has 1 aliphatic rings. The molecule has 0 unspecified atom stereocenters. The summed E-state index contributed by atoms with van der Waals surface area (Å²) in [6, 6.07) is 5.83. The lowest BCUT2D eigenvalue weighted by Gasteiger charge is -2.18. The molecule has 3 rings (SSSR count). The quantitative estimate of drug-likeness (QED) is 0.424. The predicted octanol–water partition coefficient (Wildman–Crippen LogP) is 5.48. The molecule has 0 bridgehead atoms. The van der Waals surface area contributed by atoms with E-state index in [4.69, 9.17) is 4.74 Å². The molecule has 1 atom stereocenters. The molecule has 4 nitrogen and oxygen atoms in total. The Bertz CT molecular complexity index is 985. The summed E-state index contributed by atoms with van der Waals surface area (Å²) in [5.74, 6) is -0.221. The van der Waals surface area contributed by atoms with Gasteiger partial charge in [0.1, 0.15) is 6.04 Å². The number of hydrogen-bond donors (Lipinski definition) is 0. The van der Waals surface area contributed by atoms with E-state index in [2.05, 4.69) is 6.92 Å². The van der Waals surface area contributed by atoms with Crippen molar-refractivity contribution in [3.63, 3.8) is 0 Å². The average Bonchev–Trinajstić information content (AvgIpc) is 3.16. The highest BCUT2D eigenvalue weighted by Gasteiger charge is 2.35. The zero-order chi connectivity index (χ0) is 21.9. The number of nitrogens with zero attached hydrogens (tertiary/aromatic N) is 1. The number of methoxy groups -OCH3 is 1.